The minimum Gasteiger partial charge on any atom is -0.478 e. The Balaban J connectivity index is 1.78. The maximum atomic E-state index is 11.9. The largest absolute Gasteiger partial charge is 0.478 e. The predicted octanol–water partition coefficient (Wildman–Crippen LogP) is 4.74. The van der Waals surface area contributed by atoms with Gasteiger partial charge < -0.3 is 15.0 Å². The van der Waals surface area contributed by atoms with E-state index in [2.05, 4.69) is 41.1 Å². The van der Waals surface area contributed by atoms with Crippen molar-refractivity contribution in [3.05, 3.63) is 94.3 Å². The molecule has 2 N–H and O–H groups in total. The topological polar surface area (TPSA) is 54.3 Å². The Morgan fingerprint density at radius 2 is 1.61 bits per heavy atom. The van der Waals surface area contributed by atoms with E-state index in [-0.39, 0.29) is 0 Å². The molecule has 3 rings (SSSR count). The van der Waals surface area contributed by atoms with Crippen LogP contribution < -0.4 is 5.32 Å². The van der Waals surface area contributed by atoms with Crippen LogP contribution in [0.15, 0.2) is 60.7 Å². The Labute approximate surface area is 166 Å². The van der Waals surface area contributed by atoms with Crippen molar-refractivity contribution in [2.24, 2.45) is 0 Å². The van der Waals surface area contributed by atoms with Crippen molar-refractivity contribution in [2.75, 3.05) is 6.54 Å². The van der Waals surface area contributed by atoms with E-state index in [9.17, 15) is 9.90 Å². The normalized spacial score (nSPS) is 12.1. The van der Waals surface area contributed by atoms with Gasteiger partial charge in [0.25, 0.3) is 0 Å². The third-order valence-corrected chi connectivity index (χ3v) is 5.43. The summed E-state index contributed by atoms with van der Waals surface area (Å²) in [5.41, 5.74) is 5.57. The first kappa shape index (κ1) is 19.9. The fourth-order valence-electron chi connectivity index (χ4n) is 3.77. The molecule has 1 heterocycles. The standard InChI is InChI=1S/C24H28N2O2/c1-17(21-12-8-5-9-13-21)14-25-15-22-18(2)26(19(3)23(22)24(27)28)16-20-10-6-4-7-11-20/h4-13,17,25H,14-16H2,1-3H3,(H,27,28). The fraction of sp³-hybridized carbons (Fsp3) is 0.292. The molecule has 0 bridgehead atoms. The van der Waals surface area contributed by atoms with E-state index in [1.54, 1.807) is 0 Å². The molecule has 4 nitrogen and oxygen atoms in total. The third-order valence-electron chi connectivity index (χ3n) is 5.43. The zero-order valence-corrected chi connectivity index (χ0v) is 16.8. The zero-order valence-electron chi connectivity index (χ0n) is 16.8. The molecule has 0 fully saturated rings. The lowest BCUT2D eigenvalue weighted by Gasteiger charge is -2.14. The van der Waals surface area contributed by atoms with Crippen LogP contribution in [0.1, 0.15) is 51.3 Å². The molecule has 146 valence electrons. The SMILES string of the molecule is Cc1c(CNCC(C)c2ccccc2)c(C(=O)O)c(C)n1Cc1ccccc1. The molecule has 2 aromatic carbocycles. The highest BCUT2D eigenvalue weighted by Crippen LogP contribution is 2.24. The van der Waals surface area contributed by atoms with Crippen LogP contribution in [0.3, 0.4) is 0 Å². The molecule has 0 aliphatic heterocycles. The van der Waals surface area contributed by atoms with Crippen molar-refractivity contribution in [3.63, 3.8) is 0 Å². The quantitative estimate of drug-likeness (QED) is 0.597. The van der Waals surface area contributed by atoms with Crippen LogP contribution in [-0.2, 0) is 13.1 Å². The molecule has 0 saturated heterocycles. The van der Waals surface area contributed by atoms with Crippen molar-refractivity contribution >= 4 is 5.97 Å². The number of hydrogen-bond donors (Lipinski definition) is 2. The molecular weight excluding hydrogens is 348 g/mol. The van der Waals surface area contributed by atoms with E-state index in [0.29, 0.717) is 24.6 Å². The number of nitrogens with zero attached hydrogens (tertiary/aromatic N) is 1. The van der Waals surface area contributed by atoms with Crippen LogP contribution in [0.5, 0.6) is 0 Å². The van der Waals surface area contributed by atoms with Crippen molar-refractivity contribution in [3.8, 4) is 0 Å². The van der Waals surface area contributed by atoms with Gasteiger partial charge in [-0.15, -0.1) is 0 Å². The highest BCUT2D eigenvalue weighted by Gasteiger charge is 2.22. The molecule has 3 aromatic rings. The van der Waals surface area contributed by atoms with Gasteiger partial charge in [-0.2, -0.15) is 0 Å². The maximum Gasteiger partial charge on any atom is 0.337 e. The molecule has 28 heavy (non-hydrogen) atoms. The van der Waals surface area contributed by atoms with E-state index >= 15 is 0 Å². The first-order chi connectivity index (χ1) is 13.5. The van der Waals surface area contributed by atoms with Crippen LogP contribution in [0.4, 0.5) is 0 Å². The molecule has 1 atom stereocenters. The van der Waals surface area contributed by atoms with Gasteiger partial charge in [-0.1, -0.05) is 67.6 Å². The number of carbonyl (C=O) groups is 1. The second-order valence-electron chi connectivity index (χ2n) is 7.34. The molecule has 0 amide bonds. The average Bonchev–Trinajstić information content (AvgIpc) is 2.94. The summed E-state index contributed by atoms with van der Waals surface area (Å²) in [4.78, 5) is 11.9. The minimum absolute atomic E-state index is 0.363. The molecule has 1 aromatic heterocycles. The van der Waals surface area contributed by atoms with E-state index in [4.69, 9.17) is 0 Å². The minimum atomic E-state index is -0.861. The highest BCUT2D eigenvalue weighted by molar-refractivity contribution is 5.91. The predicted molar refractivity (Wildman–Crippen MR) is 113 cm³/mol. The number of nitrogens with one attached hydrogen (secondary N) is 1. The summed E-state index contributed by atoms with van der Waals surface area (Å²) in [7, 11) is 0. The molecule has 1 unspecified atom stereocenters. The van der Waals surface area contributed by atoms with Gasteiger partial charge in [-0.05, 0) is 30.9 Å². The van der Waals surface area contributed by atoms with Crippen LogP contribution in [0.2, 0.25) is 0 Å². The lowest BCUT2D eigenvalue weighted by molar-refractivity contribution is 0.0694. The van der Waals surface area contributed by atoms with Crippen molar-refractivity contribution in [1.29, 1.82) is 0 Å². The van der Waals surface area contributed by atoms with Crippen molar-refractivity contribution in [1.82, 2.24) is 9.88 Å². The van der Waals surface area contributed by atoms with E-state index < -0.39 is 5.97 Å². The average molecular weight is 377 g/mol. The number of hydrogen-bond acceptors (Lipinski definition) is 2. The summed E-state index contributed by atoms with van der Waals surface area (Å²) in [6, 6.07) is 20.5. The van der Waals surface area contributed by atoms with Gasteiger partial charge in [-0.3, -0.25) is 0 Å². The maximum absolute atomic E-state index is 11.9. The number of carboxylic acids is 1. The Bertz CT molecular complexity index is 930. The van der Waals surface area contributed by atoms with Gasteiger partial charge >= 0.3 is 5.97 Å². The van der Waals surface area contributed by atoms with Crippen molar-refractivity contribution in [2.45, 2.75) is 39.8 Å². The van der Waals surface area contributed by atoms with Crippen LogP contribution in [0, 0.1) is 13.8 Å². The summed E-state index contributed by atoms with van der Waals surface area (Å²) < 4.78 is 2.11. The van der Waals surface area contributed by atoms with Gasteiger partial charge in [0.05, 0.1) is 5.56 Å². The number of rotatable bonds is 8. The summed E-state index contributed by atoms with van der Waals surface area (Å²) >= 11 is 0. The third kappa shape index (κ3) is 4.34. The lowest BCUT2D eigenvalue weighted by atomic mass is 10.0. The highest BCUT2D eigenvalue weighted by atomic mass is 16.4. The monoisotopic (exact) mass is 376 g/mol. The summed E-state index contributed by atoms with van der Waals surface area (Å²) in [6.45, 7) is 8.12. The Hall–Kier alpha value is -2.85. The van der Waals surface area contributed by atoms with E-state index in [1.807, 2.05) is 50.2 Å². The number of benzene rings is 2. The second kappa shape index (κ2) is 8.89. The summed E-state index contributed by atoms with van der Waals surface area (Å²) in [5, 5.41) is 13.3. The van der Waals surface area contributed by atoms with Crippen molar-refractivity contribution < 1.29 is 9.90 Å². The Morgan fingerprint density at radius 1 is 1.00 bits per heavy atom. The summed E-state index contributed by atoms with van der Waals surface area (Å²) in [5.74, 6) is -0.498. The van der Waals surface area contributed by atoms with Gasteiger partial charge in [-0.25, -0.2) is 4.79 Å². The van der Waals surface area contributed by atoms with Gasteiger partial charge in [0.15, 0.2) is 0 Å². The molecule has 4 heteroatoms. The first-order valence-electron chi connectivity index (χ1n) is 9.70. The molecule has 0 aliphatic rings. The van der Waals surface area contributed by atoms with E-state index in [1.165, 1.54) is 5.56 Å². The molecule has 0 saturated carbocycles. The first-order valence-corrected chi connectivity index (χ1v) is 9.70. The smallest absolute Gasteiger partial charge is 0.337 e. The number of aromatic nitrogens is 1. The van der Waals surface area contributed by atoms with Crippen LogP contribution in [-0.4, -0.2) is 22.2 Å². The van der Waals surface area contributed by atoms with Gasteiger partial charge in [0, 0.05) is 36.6 Å². The second-order valence-corrected chi connectivity index (χ2v) is 7.34. The fourth-order valence-corrected chi connectivity index (χ4v) is 3.77. The zero-order chi connectivity index (χ0) is 20.1. The number of carboxylic acid groups (broad SMARTS) is 1. The molecule has 0 spiro atoms. The lowest BCUT2D eigenvalue weighted by Crippen LogP contribution is -2.21. The number of aromatic carboxylic acids is 1. The van der Waals surface area contributed by atoms with E-state index in [0.717, 1.165) is 29.1 Å². The van der Waals surface area contributed by atoms with Gasteiger partial charge in [0.2, 0.25) is 0 Å². The Kier molecular flexibility index (Phi) is 6.32. The van der Waals surface area contributed by atoms with Gasteiger partial charge in [0.1, 0.15) is 0 Å². The molecule has 0 aliphatic carbocycles. The molecule has 0 radical (unpaired) electrons. The Morgan fingerprint density at radius 3 is 2.21 bits per heavy atom. The van der Waals surface area contributed by atoms with Crippen LogP contribution in [0.25, 0.3) is 0 Å². The molecular formula is C24H28N2O2. The van der Waals surface area contributed by atoms with Crippen LogP contribution >= 0.6 is 0 Å². The summed E-state index contributed by atoms with van der Waals surface area (Å²) in [6.07, 6.45) is 0.